The number of carbonyl (C=O) groups is 2. The molecule has 7 heteroatoms. The first-order chi connectivity index (χ1) is 11.0. The van der Waals surface area contributed by atoms with Crippen LogP contribution in [0.25, 0.3) is 0 Å². The lowest BCUT2D eigenvalue weighted by Crippen LogP contribution is -2.38. The molecule has 4 aliphatic rings. The molecule has 4 atom stereocenters. The monoisotopic (exact) mass is 332 g/mol. The molecule has 1 aromatic carbocycles. The minimum atomic E-state index is -0.616. The van der Waals surface area contributed by atoms with Crippen LogP contribution in [-0.2, 0) is 9.59 Å². The van der Waals surface area contributed by atoms with Gasteiger partial charge >= 0.3 is 0 Å². The Hall–Kier alpha value is -2.21. The summed E-state index contributed by atoms with van der Waals surface area (Å²) in [5.41, 5.74) is -0.0781. The summed E-state index contributed by atoms with van der Waals surface area (Å²) in [7, 11) is 0. The molecule has 118 valence electrons. The zero-order valence-corrected chi connectivity index (χ0v) is 12.8. The first-order valence-electron chi connectivity index (χ1n) is 7.49. The normalized spacial score (nSPS) is 31.6. The van der Waals surface area contributed by atoms with E-state index < -0.39 is 4.92 Å². The lowest BCUT2D eigenvalue weighted by molar-refractivity contribution is -0.384. The van der Waals surface area contributed by atoms with Crippen LogP contribution < -0.4 is 4.90 Å². The fraction of sp³-hybridized carbons (Fsp3) is 0.375. The molecule has 1 aliphatic heterocycles. The third-order valence-corrected chi connectivity index (χ3v) is 5.46. The molecule has 2 fully saturated rings. The quantitative estimate of drug-likeness (QED) is 0.361. The summed E-state index contributed by atoms with van der Waals surface area (Å²) < 4.78 is 0. The molecule has 0 aromatic heterocycles. The highest BCUT2D eigenvalue weighted by Crippen LogP contribution is 2.50. The number of benzene rings is 1. The van der Waals surface area contributed by atoms with E-state index in [2.05, 4.69) is 0 Å². The second-order valence-electron chi connectivity index (χ2n) is 6.25. The summed E-state index contributed by atoms with van der Waals surface area (Å²) in [6.45, 7) is 0. The fourth-order valence-corrected chi connectivity index (χ4v) is 4.30. The number of anilines is 1. The number of nitrogens with zero attached hydrogens (tertiary/aromatic N) is 2. The molecule has 2 amide bonds. The average Bonchev–Trinajstić information content (AvgIpc) is 2.83. The van der Waals surface area contributed by atoms with E-state index in [0.717, 1.165) is 17.7 Å². The van der Waals surface area contributed by atoms with E-state index in [9.17, 15) is 19.7 Å². The average molecular weight is 333 g/mol. The Labute approximate surface area is 136 Å². The largest absolute Gasteiger partial charge is 0.289 e. The van der Waals surface area contributed by atoms with E-state index in [1.54, 1.807) is 0 Å². The van der Waals surface area contributed by atoms with Crippen molar-refractivity contribution in [2.45, 2.75) is 12.8 Å². The molecule has 0 spiro atoms. The van der Waals surface area contributed by atoms with Crippen LogP contribution in [0.3, 0.4) is 0 Å². The Morgan fingerprint density at radius 2 is 1.65 bits per heavy atom. The standard InChI is InChI=1S/C16H13ClN2O4/c17-11-6-5-10(7-12(11)19(22)23)18-15(20)13-8-1-2-9(4-3-8)14(13)16(18)21/h1-2,5-9,13-14H,3-4H2/t8-,9-,13+,14+/m0/s1. The van der Waals surface area contributed by atoms with Gasteiger partial charge in [0.1, 0.15) is 5.02 Å². The van der Waals surface area contributed by atoms with E-state index in [1.807, 2.05) is 12.2 Å². The van der Waals surface area contributed by atoms with Crippen LogP contribution in [0.15, 0.2) is 30.4 Å². The second-order valence-corrected chi connectivity index (χ2v) is 6.65. The van der Waals surface area contributed by atoms with Crippen LogP contribution in [-0.4, -0.2) is 16.7 Å². The zero-order chi connectivity index (χ0) is 16.3. The lowest BCUT2D eigenvalue weighted by Gasteiger charge is -2.38. The minimum absolute atomic E-state index is 0.0167. The number of hydrogen-bond acceptors (Lipinski definition) is 4. The van der Waals surface area contributed by atoms with Crippen LogP contribution in [0.2, 0.25) is 5.02 Å². The molecule has 1 heterocycles. The van der Waals surface area contributed by atoms with Gasteiger partial charge in [0.15, 0.2) is 0 Å². The number of nitro benzene ring substituents is 1. The van der Waals surface area contributed by atoms with E-state index in [4.69, 9.17) is 11.6 Å². The molecule has 0 radical (unpaired) electrons. The smallest absolute Gasteiger partial charge is 0.274 e. The molecule has 0 unspecified atom stereocenters. The Morgan fingerprint density at radius 3 is 2.13 bits per heavy atom. The third-order valence-electron chi connectivity index (χ3n) is 5.14. The van der Waals surface area contributed by atoms with Crippen molar-refractivity contribution in [1.29, 1.82) is 0 Å². The molecule has 5 rings (SSSR count). The molecule has 1 saturated heterocycles. The number of fused-ring (bicyclic) bond motifs is 1. The van der Waals surface area contributed by atoms with Crippen molar-refractivity contribution < 1.29 is 14.5 Å². The van der Waals surface area contributed by atoms with Gasteiger partial charge in [-0.1, -0.05) is 23.8 Å². The van der Waals surface area contributed by atoms with E-state index in [1.165, 1.54) is 18.2 Å². The van der Waals surface area contributed by atoms with Crippen molar-refractivity contribution in [3.05, 3.63) is 45.5 Å². The van der Waals surface area contributed by atoms with Crippen LogP contribution in [0, 0.1) is 33.8 Å². The van der Waals surface area contributed by atoms with Gasteiger partial charge in [-0.05, 0) is 36.8 Å². The third kappa shape index (κ3) is 1.94. The Bertz CT molecular complexity index is 743. The van der Waals surface area contributed by atoms with Crippen molar-refractivity contribution in [3.63, 3.8) is 0 Å². The summed E-state index contributed by atoms with van der Waals surface area (Å²) >= 11 is 5.81. The number of halogens is 1. The Balaban J connectivity index is 1.76. The lowest BCUT2D eigenvalue weighted by atomic mass is 9.63. The summed E-state index contributed by atoms with van der Waals surface area (Å²) in [6.07, 6.45) is 5.90. The number of rotatable bonds is 2. The summed E-state index contributed by atoms with van der Waals surface area (Å²) in [4.78, 5) is 37.1. The highest BCUT2D eigenvalue weighted by molar-refractivity contribution is 6.33. The van der Waals surface area contributed by atoms with Gasteiger partial charge in [-0.25, -0.2) is 4.90 Å². The van der Waals surface area contributed by atoms with Crippen LogP contribution in [0.1, 0.15) is 12.8 Å². The van der Waals surface area contributed by atoms with Gasteiger partial charge < -0.3 is 0 Å². The highest BCUT2D eigenvalue weighted by Gasteiger charge is 2.56. The molecule has 23 heavy (non-hydrogen) atoms. The molecule has 3 aliphatic carbocycles. The number of nitro groups is 1. The summed E-state index contributed by atoms with van der Waals surface area (Å²) in [5, 5.41) is 11.0. The van der Waals surface area contributed by atoms with Gasteiger partial charge in [0, 0.05) is 6.07 Å². The molecule has 0 N–H and O–H groups in total. The Kier molecular flexibility index (Phi) is 3.06. The van der Waals surface area contributed by atoms with Gasteiger partial charge in [-0.3, -0.25) is 19.7 Å². The fourth-order valence-electron chi connectivity index (χ4n) is 4.11. The van der Waals surface area contributed by atoms with Gasteiger partial charge in [-0.2, -0.15) is 0 Å². The molecular weight excluding hydrogens is 320 g/mol. The maximum Gasteiger partial charge on any atom is 0.289 e. The van der Waals surface area contributed by atoms with E-state index in [-0.39, 0.29) is 51.9 Å². The molecular formula is C16H13ClN2O4. The van der Waals surface area contributed by atoms with Gasteiger partial charge in [0.05, 0.1) is 22.4 Å². The number of imide groups is 1. The first-order valence-corrected chi connectivity index (χ1v) is 7.87. The van der Waals surface area contributed by atoms with Crippen LogP contribution >= 0.6 is 11.6 Å². The van der Waals surface area contributed by atoms with Gasteiger partial charge in [0.25, 0.3) is 5.69 Å². The van der Waals surface area contributed by atoms with Crippen molar-refractivity contribution in [1.82, 2.24) is 0 Å². The first kappa shape index (κ1) is 14.4. The van der Waals surface area contributed by atoms with Crippen molar-refractivity contribution >= 4 is 34.8 Å². The van der Waals surface area contributed by atoms with Crippen LogP contribution in [0.4, 0.5) is 11.4 Å². The van der Waals surface area contributed by atoms with Gasteiger partial charge in [-0.15, -0.1) is 0 Å². The highest BCUT2D eigenvalue weighted by atomic mass is 35.5. The predicted molar refractivity (Wildman–Crippen MR) is 82.9 cm³/mol. The van der Waals surface area contributed by atoms with Gasteiger partial charge in [0.2, 0.25) is 11.8 Å². The molecule has 6 nitrogen and oxygen atoms in total. The van der Waals surface area contributed by atoms with E-state index in [0.29, 0.717) is 0 Å². The maximum atomic E-state index is 12.8. The SMILES string of the molecule is O=C1[C@H]2[C@H](C(=O)N1c1ccc(Cl)c([N+](=O)[O-])c1)[C@H]1C=C[C@H]2CC1. The Morgan fingerprint density at radius 1 is 1.09 bits per heavy atom. The molecule has 1 aromatic rings. The maximum absolute atomic E-state index is 12.8. The number of amides is 2. The van der Waals surface area contributed by atoms with Crippen molar-refractivity contribution in [2.24, 2.45) is 23.7 Å². The van der Waals surface area contributed by atoms with Crippen LogP contribution in [0.5, 0.6) is 0 Å². The zero-order valence-electron chi connectivity index (χ0n) is 12.0. The second kappa shape index (κ2) is 4.89. The summed E-state index contributed by atoms with van der Waals surface area (Å²) in [6, 6.07) is 4.03. The van der Waals surface area contributed by atoms with Crippen molar-refractivity contribution in [3.8, 4) is 0 Å². The topological polar surface area (TPSA) is 80.5 Å². The number of carbonyl (C=O) groups excluding carboxylic acids is 2. The number of allylic oxidation sites excluding steroid dienone is 2. The minimum Gasteiger partial charge on any atom is -0.274 e. The van der Waals surface area contributed by atoms with E-state index >= 15 is 0 Å². The summed E-state index contributed by atoms with van der Waals surface area (Å²) in [5.74, 6) is -0.990. The number of hydrogen-bond donors (Lipinski definition) is 0. The molecule has 2 bridgehead atoms. The van der Waals surface area contributed by atoms with Crippen molar-refractivity contribution in [2.75, 3.05) is 4.90 Å². The predicted octanol–water partition coefficient (Wildman–Crippen LogP) is 2.95. The molecule has 1 saturated carbocycles.